The Bertz CT molecular complexity index is 2710. The van der Waals surface area contributed by atoms with Crippen LogP contribution in [0.5, 0.6) is 0 Å². The van der Waals surface area contributed by atoms with Crippen LogP contribution in [0.1, 0.15) is 22.0 Å². The van der Waals surface area contributed by atoms with Gasteiger partial charge < -0.3 is 14.4 Å². The first-order valence-electron chi connectivity index (χ1n) is 19.4. The fraction of sp³-hybridized carbons (Fsp3) is 0.333. The Morgan fingerprint density at radius 1 is 0.733 bits per heavy atom. The third kappa shape index (κ3) is 13.0. The van der Waals surface area contributed by atoms with Gasteiger partial charge in [-0.3, -0.25) is 27.7 Å². The highest BCUT2D eigenvalue weighted by molar-refractivity contribution is 6.30. The van der Waals surface area contributed by atoms with Crippen LogP contribution in [0.3, 0.4) is 0 Å². The summed E-state index contributed by atoms with van der Waals surface area (Å²) >= 11 is 11.2. The molecular weight excluding hydrogens is 841 g/mol. The molecule has 0 aliphatic carbocycles. The topological polar surface area (TPSA) is 188 Å². The molecule has 1 aliphatic heterocycles. The third-order valence-electron chi connectivity index (χ3n) is 8.69. The molecule has 1 aliphatic rings. The highest BCUT2D eigenvalue weighted by Crippen LogP contribution is 2.20. The van der Waals surface area contributed by atoms with Crippen molar-refractivity contribution in [1.82, 2.24) is 47.9 Å². The molecule has 0 spiro atoms. The molecule has 0 radical (unpaired) electrons. The van der Waals surface area contributed by atoms with Gasteiger partial charge in [-0.1, -0.05) is 35.9 Å². The number of methoxy groups -OCH3 is 2. The number of alkyl halides is 1. The van der Waals surface area contributed by atoms with Gasteiger partial charge in [0, 0.05) is 77.1 Å². The number of halogens is 3. The van der Waals surface area contributed by atoms with Gasteiger partial charge in [-0.15, -0.1) is 34.2 Å². The number of piperazine rings is 1. The predicted octanol–water partition coefficient (Wildman–Crippen LogP) is 3.65. The number of esters is 2. The van der Waals surface area contributed by atoms with E-state index in [0.717, 1.165) is 18.8 Å². The van der Waals surface area contributed by atoms with Gasteiger partial charge in [-0.25, -0.2) is 28.8 Å². The molecule has 0 amide bonds. The largest absolute Gasteiger partial charge is 0.469 e. The minimum Gasteiger partial charge on any atom is -0.469 e. The summed E-state index contributed by atoms with van der Waals surface area (Å²) in [5, 5.41) is 15.1. The van der Waals surface area contributed by atoms with Crippen LogP contribution in [0.4, 0.5) is 5.69 Å². The highest BCUT2D eigenvalue weighted by atomic mass is 35.5. The van der Waals surface area contributed by atoms with E-state index in [1.807, 2.05) is 41.3 Å². The number of aromatic amines is 1. The van der Waals surface area contributed by atoms with Crippen LogP contribution in [0.15, 0.2) is 112 Å². The number of rotatable bonds is 10. The number of aromatic nitrogens is 9. The number of benzene rings is 1. The maximum absolute atomic E-state index is 12.4. The van der Waals surface area contributed by atoms with Crippen LogP contribution in [0, 0.1) is 0 Å². The molecule has 1 aromatic carbocycles. The molecular formula is C39H46Cl3N11O7. The lowest BCUT2D eigenvalue weighted by Gasteiger charge is -2.36. The number of nitrogens with one attached hydrogen (secondary N) is 1. The first-order valence-corrected chi connectivity index (χ1v) is 19.3. The number of aryl methyl sites for hydroxylation is 2. The van der Waals surface area contributed by atoms with Gasteiger partial charge in [0.2, 0.25) is 0 Å². The molecule has 6 aromatic heterocycles. The number of carbonyl (C=O) groups excluding carboxylic acids is 2. The zero-order chi connectivity index (χ0) is 43.9. The Labute approximate surface area is 362 Å². The van der Waals surface area contributed by atoms with Crippen LogP contribution < -0.4 is 22.0 Å². The molecule has 0 saturated carbocycles. The van der Waals surface area contributed by atoms with E-state index >= 15 is 0 Å². The quantitative estimate of drug-likeness (QED) is 0.155. The van der Waals surface area contributed by atoms with E-state index in [4.69, 9.17) is 25.9 Å². The van der Waals surface area contributed by atoms with Gasteiger partial charge in [0.05, 0.1) is 33.6 Å². The molecule has 60 heavy (non-hydrogen) atoms. The van der Waals surface area contributed by atoms with Crippen molar-refractivity contribution in [2.45, 2.75) is 32.4 Å². The van der Waals surface area contributed by atoms with E-state index in [-0.39, 0.29) is 67.3 Å². The van der Waals surface area contributed by atoms with E-state index in [1.165, 1.54) is 36.8 Å². The number of hydrogen-bond donors (Lipinski definition) is 1. The Morgan fingerprint density at radius 3 is 1.80 bits per heavy atom. The second-order valence-corrected chi connectivity index (χ2v) is 13.3. The smallest absolute Gasteiger partial charge is 0.350 e. The van der Waals surface area contributed by atoms with Crippen LogP contribution in [0.2, 0.25) is 5.02 Å². The van der Waals surface area contributed by atoms with Crippen LogP contribution in [-0.4, -0.2) is 113 Å². The van der Waals surface area contributed by atoms with E-state index in [2.05, 4.69) is 34.8 Å². The Kier molecular flexibility index (Phi) is 17.2. The predicted molar refractivity (Wildman–Crippen MR) is 231 cm³/mol. The Morgan fingerprint density at radius 2 is 1.28 bits per heavy atom. The Balaban J connectivity index is 0.000000208. The number of fused-ring (bicyclic) bond motifs is 3. The van der Waals surface area contributed by atoms with Gasteiger partial charge in [-0.2, -0.15) is 5.10 Å². The molecule has 0 bridgehead atoms. The van der Waals surface area contributed by atoms with E-state index in [0.29, 0.717) is 47.4 Å². The number of anilines is 1. The summed E-state index contributed by atoms with van der Waals surface area (Å²) in [6.07, 6.45) is 5.62. The molecule has 1 saturated heterocycles. The van der Waals surface area contributed by atoms with Gasteiger partial charge >= 0.3 is 29.0 Å². The van der Waals surface area contributed by atoms with Gasteiger partial charge in [0.1, 0.15) is 0 Å². The lowest BCUT2D eigenvalue weighted by molar-refractivity contribution is -0.141. The van der Waals surface area contributed by atoms with Crippen molar-refractivity contribution in [3.8, 4) is 0 Å². The van der Waals surface area contributed by atoms with Crippen LogP contribution in [0.25, 0.3) is 16.9 Å². The van der Waals surface area contributed by atoms with Crippen molar-refractivity contribution in [2.24, 2.45) is 0 Å². The van der Waals surface area contributed by atoms with E-state index in [9.17, 15) is 24.0 Å². The average Bonchev–Trinajstić information content (AvgIpc) is 3.94. The molecule has 0 unspecified atom stereocenters. The summed E-state index contributed by atoms with van der Waals surface area (Å²) in [6, 6.07) is 23.7. The second-order valence-electron chi connectivity index (χ2n) is 12.5. The number of pyridine rings is 3. The number of carbonyl (C=O) groups is 2. The number of hydrogen-bond acceptors (Lipinski definition) is 12. The molecule has 18 nitrogen and oxygen atoms in total. The van der Waals surface area contributed by atoms with E-state index in [1.54, 1.807) is 61.1 Å². The summed E-state index contributed by atoms with van der Waals surface area (Å²) in [4.78, 5) is 60.0. The summed E-state index contributed by atoms with van der Waals surface area (Å²) in [6.45, 7) is 1.65. The minimum atomic E-state index is -1.50. The molecule has 7 aromatic rings. The summed E-state index contributed by atoms with van der Waals surface area (Å²) < 4.78 is 32.7. The first-order chi connectivity index (χ1) is 29.3. The molecule has 320 valence electrons. The molecule has 7 heterocycles. The van der Waals surface area contributed by atoms with Crippen molar-refractivity contribution in [1.29, 1.82) is 0 Å². The van der Waals surface area contributed by atoms with Crippen LogP contribution >= 0.6 is 35.6 Å². The lowest BCUT2D eigenvalue weighted by atomic mass is 10.2. The first kappa shape index (κ1) is 43.6. The van der Waals surface area contributed by atoms with E-state index < -0.39 is 6.50 Å². The number of nitrogens with zero attached hydrogens (tertiary/aromatic N) is 10. The zero-order valence-electron chi connectivity index (χ0n) is 34.8. The van der Waals surface area contributed by atoms with Crippen molar-refractivity contribution in [3.63, 3.8) is 0 Å². The van der Waals surface area contributed by atoms with Crippen molar-refractivity contribution >= 4 is 70.2 Å². The minimum absolute atomic E-state index is 0. The van der Waals surface area contributed by atoms with Crippen molar-refractivity contribution in [2.75, 3.05) is 57.7 Å². The normalized spacial score (nSPS) is 13.0. The molecule has 0 atom stereocenters. The molecule has 1 N–H and O–H groups in total. The maximum atomic E-state index is 12.4. The second kappa shape index (κ2) is 23.6. The van der Waals surface area contributed by atoms with Gasteiger partial charge in [0.25, 0.3) is 0 Å². The highest BCUT2D eigenvalue weighted by Gasteiger charge is 2.17. The fourth-order valence-electron chi connectivity index (χ4n) is 5.67. The maximum Gasteiger partial charge on any atom is 0.350 e. The zero-order valence-corrected chi connectivity index (χ0v) is 35.1. The summed E-state index contributed by atoms with van der Waals surface area (Å²) in [5.74, 6) is -0.272. The molecule has 1 fully saturated rings. The van der Waals surface area contributed by atoms with Gasteiger partial charge in [0.15, 0.2) is 16.9 Å². The number of ether oxygens (including phenoxy) is 2. The monoisotopic (exact) mass is 887 g/mol. The fourth-order valence-corrected chi connectivity index (χ4v) is 6.01. The molecule has 8 rings (SSSR count). The Hall–Kier alpha value is -5.95. The van der Waals surface area contributed by atoms with Crippen LogP contribution in [-0.2, 0) is 32.2 Å². The average molecular weight is 889 g/mol. The van der Waals surface area contributed by atoms with Gasteiger partial charge in [-0.05, 0) is 61.0 Å². The molecule has 21 heteroatoms. The lowest BCUT2D eigenvalue weighted by Crippen LogP contribution is -2.46. The van der Waals surface area contributed by atoms with Crippen molar-refractivity contribution < 1.29 is 21.8 Å². The SMILES string of the molecule is COC(=O)CCCl.COC(=O)CCn1nc2ccccn2c1=O.Cl.O=c1[nH]nc2ccccn12.[2H]C([2H])(CCn1nc2ccccn2c1=O)N1CCN(c2cccc(Cl)c2)CC1. The standard InChI is InChI=1S/C19H22ClN5O.C10H11N3O3.C6H5N3O.C4H7ClO2.ClH/c20-16-5-3-6-17(15-16)23-13-11-22(12-14-23)8-4-10-25-19(26)24-9-2-1-7-18(24)21-25;1-16-9(14)5-7-13-10(15)12-6-3-2-4-8(12)11-13;10-6-8-7-5-3-1-2-4-9(5)6;1-7-4(6)2-3-5;/h1-3,5-7,9,15H,4,8,10-14H2;2-4,6H,5,7H2,1H3;1-4H,(H,8,10);2-3H2,1H3;1H/i8D2;;;;. The summed E-state index contributed by atoms with van der Waals surface area (Å²) in [7, 11) is 2.66. The summed E-state index contributed by atoms with van der Waals surface area (Å²) in [5.41, 5.74) is 2.16. The van der Waals surface area contributed by atoms with Crippen molar-refractivity contribution in [3.05, 3.63) is 134 Å². The number of H-pyrrole nitrogens is 1. The third-order valence-corrected chi connectivity index (χ3v) is 9.12.